The molecule has 160 valence electrons. The summed E-state index contributed by atoms with van der Waals surface area (Å²) in [7, 11) is 0. The summed E-state index contributed by atoms with van der Waals surface area (Å²) in [4.78, 5) is 40.2. The van der Waals surface area contributed by atoms with Gasteiger partial charge in [0.1, 0.15) is 0 Å². The van der Waals surface area contributed by atoms with Crippen molar-refractivity contribution in [1.29, 1.82) is 5.26 Å². The molecule has 1 fully saturated rings. The van der Waals surface area contributed by atoms with Crippen molar-refractivity contribution < 1.29 is 19.1 Å². The van der Waals surface area contributed by atoms with Crippen LogP contribution in [0, 0.1) is 18.3 Å². The zero-order chi connectivity index (χ0) is 22.4. The number of ether oxygens (including phenoxy) is 1. The summed E-state index contributed by atoms with van der Waals surface area (Å²) in [5, 5.41) is 9.49. The highest BCUT2D eigenvalue weighted by atomic mass is 35.5. The molecule has 0 unspecified atom stereocenters. The molecule has 3 rings (SSSR count). The summed E-state index contributed by atoms with van der Waals surface area (Å²) >= 11 is 6.06. The largest absolute Gasteiger partial charge is 0.452 e. The van der Waals surface area contributed by atoms with Gasteiger partial charge in [-0.15, -0.1) is 0 Å². The number of carbonyl (C=O) groups excluding carboxylic acids is 3. The molecule has 0 aliphatic carbocycles. The Morgan fingerprint density at radius 1 is 1.26 bits per heavy atom. The summed E-state index contributed by atoms with van der Waals surface area (Å²) in [6.07, 6.45) is 1.41. The maximum atomic E-state index is 12.8. The van der Waals surface area contributed by atoms with Crippen LogP contribution < -0.4 is 9.80 Å². The Hall–Kier alpha value is -3.37. The molecule has 8 heteroatoms. The SMILES string of the molecule is Cc1cc(N(CCC#N)C(=O)COC(=O)c2cccc(N3CCCC3=O)c2)ccc1Cl. The van der Waals surface area contributed by atoms with Gasteiger partial charge in [-0.3, -0.25) is 9.59 Å². The third-order valence-electron chi connectivity index (χ3n) is 5.00. The van der Waals surface area contributed by atoms with Gasteiger partial charge in [-0.25, -0.2) is 4.79 Å². The van der Waals surface area contributed by atoms with E-state index in [1.54, 1.807) is 47.4 Å². The Morgan fingerprint density at radius 3 is 2.74 bits per heavy atom. The van der Waals surface area contributed by atoms with E-state index in [-0.39, 0.29) is 24.4 Å². The summed E-state index contributed by atoms with van der Waals surface area (Å²) in [6.45, 7) is 2.13. The number of nitriles is 1. The molecule has 31 heavy (non-hydrogen) atoms. The number of benzene rings is 2. The molecule has 0 atom stereocenters. The van der Waals surface area contributed by atoms with Crippen LogP contribution in [-0.2, 0) is 14.3 Å². The van der Waals surface area contributed by atoms with E-state index in [2.05, 4.69) is 0 Å². The molecule has 2 aromatic carbocycles. The molecule has 1 aliphatic rings. The normalized spacial score (nSPS) is 13.1. The summed E-state index contributed by atoms with van der Waals surface area (Å²) < 4.78 is 5.23. The van der Waals surface area contributed by atoms with Crippen molar-refractivity contribution in [3.8, 4) is 6.07 Å². The molecule has 0 aromatic heterocycles. The van der Waals surface area contributed by atoms with Crippen molar-refractivity contribution in [1.82, 2.24) is 0 Å². The van der Waals surface area contributed by atoms with Crippen LogP contribution in [0.25, 0.3) is 0 Å². The van der Waals surface area contributed by atoms with Crippen LogP contribution in [-0.4, -0.2) is 37.5 Å². The lowest BCUT2D eigenvalue weighted by molar-refractivity contribution is -0.121. The van der Waals surface area contributed by atoms with Gasteiger partial charge in [-0.1, -0.05) is 17.7 Å². The number of aryl methyl sites for hydroxylation is 1. The molecule has 0 saturated carbocycles. The molecule has 0 radical (unpaired) electrons. The van der Waals surface area contributed by atoms with E-state index in [4.69, 9.17) is 21.6 Å². The number of hydrogen-bond acceptors (Lipinski definition) is 5. The van der Waals surface area contributed by atoms with E-state index >= 15 is 0 Å². The van der Waals surface area contributed by atoms with E-state index in [0.29, 0.717) is 29.4 Å². The van der Waals surface area contributed by atoms with E-state index < -0.39 is 18.5 Å². The Balaban J connectivity index is 1.69. The zero-order valence-corrected chi connectivity index (χ0v) is 17.9. The smallest absolute Gasteiger partial charge is 0.338 e. The van der Waals surface area contributed by atoms with Crippen molar-refractivity contribution in [2.24, 2.45) is 0 Å². The van der Waals surface area contributed by atoms with Gasteiger partial charge in [0.25, 0.3) is 5.91 Å². The fraction of sp³-hybridized carbons (Fsp3) is 0.304. The van der Waals surface area contributed by atoms with Gasteiger partial charge >= 0.3 is 5.97 Å². The topological polar surface area (TPSA) is 90.7 Å². The zero-order valence-electron chi connectivity index (χ0n) is 17.1. The van der Waals surface area contributed by atoms with Crippen LogP contribution in [0.4, 0.5) is 11.4 Å². The second-order valence-corrected chi connectivity index (χ2v) is 7.57. The van der Waals surface area contributed by atoms with Crippen molar-refractivity contribution in [2.75, 3.05) is 29.5 Å². The van der Waals surface area contributed by atoms with Gasteiger partial charge in [0, 0.05) is 35.9 Å². The number of anilines is 2. The van der Waals surface area contributed by atoms with Crippen molar-refractivity contribution >= 4 is 40.8 Å². The Labute approximate surface area is 185 Å². The van der Waals surface area contributed by atoms with Crippen molar-refractivity contribution in [3.05, 3.63) is 58.6 Å². The number of amides is 2. The van der Waals surface area contributed by atoms with Crippen molar-refractivity contribution in [2.45, 2.75) is 26.2 Å². The van der Waals surface area contributed by atoms with Gasteiger partial charge in [-0.2, -0.15) is 5.26 Å². The second kappa shape index (κ2) is 10.1. The Kier molecular flexibility index (Phi) is 7.27. The molecule has 1 aliphatic heterocycles. The lowest BCUT2D eigenvalue weighted by Crippen LogP contribution is -2.35. The first-order valence-electron chi connectivity index (χ1n) is 9.91. The minimum atomic E-state index is -0.658. The van der Waals surface area contributed by atoms with E-state index in [1.165, 1.54) is 4.90 Å². The van der Waals surface area contributed by atoms with Gasteiger partial charge in [0.15, 0.2) is 6.61 Å². The molecule has 0 N–H and O–H groups in total. The predicted molar refractivity (Wildman–Crippen MR) is 117 cm³/mol. The number of hydrogen-bond donors (Lipinski definition) is 0. The lowest BCUT2D eigenvalue weighted by Gasteiger charge is -2.22. The predicted octanol–water partition coefficient (Wildman–Crippen LogP) is 3.88. The molecule has 0 spiro atoms. The molecule has 0 bridgehead atoms. The number of carbonyl (C=O) groups is 3. The van der Waals surface area contributed by atoms with Crippen LogP contribution in [0.1, 0.15) is 35.2 Å². The lowest BCUT2D eigenvalue weighted by atomic mass is 10.2. The monoisotopic (exact) mass is 439 g/mol. The van der Waals surface area contributed by atoms with Crippen LogP contribution in [0.5, 0.6) is 0 Å². The van der Waals surface area contributed by atoms with E-state index in [9.17, 15) is 14.4 Å². The quantitative estimate of drug-likeness (QED) is 0.610. The average Bonchev–Trinajstić information content (AvgIpc) is 3.20. The maximum absolute atomic E-state index is 12.8. The van der Waals surface area contributed by atoms with Gasteiger partial charge < -0.3 is 14.5 Å². The maximum Gasteiger partial charge on any atom is 0.338 e. The number of esters is 1. The van der Waals surface area contributed by atoms with Gasteiger partial charge in [-0.05, 0) is 55.3 Å². The first-order valence-corrected chi connectivity index (χ1v) is 10.3. The van der Waals surface area contributed by atoms with Crippen molar-refractivity contribution in [3.63, 3.8) is 0 Å². The van der Waals surface area contributed by atoms with Crippen LogP contribution in [0.3, 0.4) is 0 Å². The molecule has 2 amide bonds. The summed E-state index contributed by atoms with van der Waals surface area (Å²) in [6, 6.07) is 13.7. The highest BCUT2D eigenvalue weighted by molar-refractivity contribution is 6.31. The highest BCUT2D eigenvalue weighted by Crippen LogP contribution is 2.24. The van der Waals surface area contributed by atoms with E-state index in [0.717, 1.165) is 12.0 Å². The molecular weight excluding hydrogens is 418 g/mol. The standard InChI is InChI=1S/C23H22ClN3O4/c1-16-13-19(8-9-20(16)24)27(12-4-10-25)22(29)15-31-23(30)17-5-2-6-18(14-17)26-11-3-7-21(26)28/h2,5-6,8-9,13-14H,3-4,7,11-12,15H2,1H3. The number of halogens is 1. The fourth-order valence-electron chi connectivity index (χ4n) is 3.37. The third-order valence-corrected chi connectivity index (χ3v) is 5.42. The van der Waals surface area contributed by atoms with Gasteiger partial charge in [0.05, 0.1) is 18.1 Å². The fourth-order valence-corrected chi connectivity index (χ4v) is 3.48. The Bertz CT molecular complexity index is 1050. The molecule has 1 saturated heterocycles. The first-order chi connectivity index (χ1) is 14.9. The summed E-state index contributed by atoms with van der Waals surface area (Å²) in [5.74, 6) is -1.09. The third kappa shape index (κ3) is 5.41. The minimum Gasteiger partial charge on any atom is -0.452 e. The minimum absolute atomic E-state index is 0.0205. The second-order valence-electron chi connectivity index (χ2n) is 7.16. The molecule has 2 aromatic rings. The molecule has 1 heterocycles. The summed E-state index contributed by atoms with van der Waals surface area (Å²) in [5.41, 5.74) is 2.26. The highest BCUT2D eigenvalue weighted by Gasteiger charge is 2.23. The van der Waals surface area contributed by atoms with Crippen LogP contribution >= 0.6 is 11.6 Å². The van der Waals surface area contributed by atoms with Crippen LogP contribution in [0.15, 0.2) is 42.5 Å². The molecule has 7 nitrogen and oxygen atoms in total. The first kappa shape index (κ1) is 22.3. The average molecular weight is 440 g/mol. The number of nitrogens with zero attached hydrogens (tertiary/aromatic N) is 3. The number of rotatable bonds is 7. The molecular formula is C23H22ClN3O4. The Morgan fingerprint density at radius 2 is 2.06 bits per heavy atom. The van der Waals surface area contributed by atoms with E-state index in [1.807, 2.05) is 13.0 Å². The van der Waals surface area contributed by atoms with Crippen LogP contribution in [0.2, 0.25) is 5.02 Å². The van der Waals surface area contributed by atoms with Gasteiger partial charge in [0.2, 0.25) is 5.91 Å².